The van der Waals surface area contributed by atoms with Gasteiger partial charge in [-0.05, 0) is 29.8 Å². The van der Waals surface area contributed by atoms with Crippen LogP contribution >= 0.6 is 0 Å². The number of anilines is 1. The van der Waals surface area contributed by atoms with E-state index in [9.17, 15) is 14.4 Å². The third kappa shape index (κ3) is 2.91. The molecule has 1 aliphatic rings. The molecular formula is C22H16N2O4. The van der Waals surface area contributed by atoms with Crippen LogP contribution in [0.25, 0.3) is 11.1 Å². The monoisotopic (exact) mass is 372 g/mol. The maximum absolute atomic E-state index is 12.5. The molecule has 1 aliphatic heterocycles. The lowest BCUT2D eigenvalue weighted by atomic mass is 9.94. The number of rotatable bonds is 4. The van der Waals surface area contributed by atoms with Crippen molar-refractivity contribution in [3.63, 3.8) is 0 Å². The Bertz CT molecular complexity index is 1110. The van der Waals surface area contributed by atoms with Crippen molar-refractivity contribution in [2.75, 3.05) is 12.4 Å². The second-order valence-electron chi connectivity index (χ2n) is 6.21. The number of methoxy groups -OCH3 is 1. The smallest absolute Gasteiger partial charge is 0.261 e. The second kappa shape index (κ2) is 7.00. The number of carbonyl (C=O) groups is 3. The minimum Gasteiger partial charge on any atom is -0.496 e. The molecule has 0 fully saturated rings. The molecule has 138 valence electrons. The summed E-state index contributed by atoms with van der Waals surface area (Å²) in [4.78, 5) is 37.4. The average molecular weight is 372 g/mol. The first-order valence-electron chi connectivity index (χ1n) is 8.62. The number of carbonyl (C=O) groups excluding carboxylic acids is 3. The number of ether oxygens (including phenoxy) is 1. The van der Waals surface area contributed by atoms with E-state index in [4.69, 9.17) is 4.74 Å². The van der Waals surface area contributed by atoms with E-state index in [2.05, 4.69) is 10.6 Å². The van der Waals surface area contributed by atoms with Gasteiger partial charge in [0.1, 0.15) is 5.75 Å². The summed E-state index contributed by atoms with van der Waals surface area (Å²) in [6.07, 6.45) is 0. The minimum atomic E-state index is -0.542. The van der Waals surface area contributed by atoms with Crippen molar-refractivity contribution in [3.8, 4) is 16.9 Å². The lowest BCUT2D eigenvalue weighted by Gasteiger charge is -2.14. The van der Waals surface area contributed by atoms with Gasteiger partial charge in [-0.25, -0.2) is 0 Å². The van der Waals surface area contributed by atoms with Crippen LogP contribution in [-0.2, 0) is 0 Å². The zero-order valence-corrected chi connectivity index (χ0v) is 15.0. The largest absolute Gasteiger partial charge is 0.496 e. The molecule has 3 aromatic carbocycles. The Labute approximate surface area is 161 Å². The minimum absolute atomic E-state index is 0.151. The van der Waals surface area contributed by atoms with Crippen LogP contribution in [0.3, 0.4) is 0 Å². The van der Waals surface area contributed by atoms with E-state index in [1.807, 2.05) is 24.3 Å². The lowest BCUT2D eigenvalue weighted by Crippen LogP contribution is -2.21. The fraction of sp³-hybridized carbons (Fsp3) is 0.0455. The summed E-state index contributed by atoms with van der Waals surface area (Å²) in [5.41, 5.74) is 2.36. The van der Waals surface area contributed by atoms with Gasteiger partial charge in [0.25, 0.3) is 17.7 Å². The van der Waals surface area contributed by atoms with Gasteiger partial charge in [0.2, 0.25) is 0 Å². The van der Waals surface area contributed by atoms with Crippen LogP contribution in [0.4, 0.5) is 5.69 Å². The van der Waals surface area contributed by atoms with Gasteiger partial charge in [0.15, 0.2) is 0 Å². The number of para-hydroxylation sites is 1. The van der Waals surface area contributed by atoms with E-state index >= 15 is 0 Å². The topological polar surface area (TPSA) is 84.5 Å². The molecule has 2 N–H and O–H groups in total. The molecular weight excluding hydrogens is 356 g/mol. The first kappa shape index (κ1) is 17.5. The number of imide groups is 1. The van der Waals surface area contributed by atoms with Crippen LogP contribution in [0.2, 0.25) is 0 Å². The molecule has 6 heteroatoms. The summed E-state index contributed by atoms with van der Waals surface area (Å²) >= 11 is 0. The third-order valence-electron chi connectivity index (χ3n) is 4.57. The van der Waals surface area contributed by atoms with Crippen LogP contribution in [0.5, 0.6) is 5.75 Å². The highest BCUT2D eigenvalue weighted by molar-refractivity contribution is 6.27. The highest BCUT2D eigenvalue weighted by Crippen LogP contribution is 2.38. The molecule has 6 nitrogen and oxygen atoms in total. The molecule has 0 spiro atoms. The van der Waals surface area contributed by atoms with E-state index in [1.54, 1.807) is 49.6 Å². The molecule has 0 bridgehead atoms. The fourth-order valence-electron chi connectivity index (χ4n) is 3.28. The lowest BCUT2D eigenvalue weighted by molar-refractivity contribution is 0.0880. The van der Waals surface area contributed by atoms with Crippen molar-refractivity contribution in [1.29, 1.82) is 0 Å². The van der Waals surface area contributed by atoms with Gasteiger partial charge in [0, 0.05) is 11.1 Å². The Morgan fingerprint density at radius 1 is 0.821 bits per heavy atom. The molecule has 0 saturated carbocycles. The van der Waals surface area contributed by atoms with Gasteiger partial charge in [-0.2, -0.15) is 0 Å². The maximum atomic E-state index is 12.5. The van der Waals surface area contributed by atoms with Crippen molar-refractivity contribution in [1.82, 2.24) is 5.32 Å². The Hall–Kier alpha value is -3.93. The van der Waals surface area contributed by atoms with Crippen molar-refractivity contribution in [3.05, 3.63) is 83.4 Å². The van der Waals surface area contributed by atoms with Crippen LogP contribution in [-0.4, -0.2) is 24.8 Å². The Morgan fingerprint density at radius 3 is 2.25 bits per heavy atom. The fourth-order valence-corrected chi connectivity index (χ4v) is 3.28. The van der Waals surface area contributed by atoms with Gasteiger partial charge in [-0.1, -0.05) is 42.5 Å². The van der Waals surface area contributed by atoms with E-state index in [1.165, 1.54) is 0 Å². The van der Waals surface area contributed by atoms with E-state index < -0.39 is 11.8 Å². The molecule has 4 rings (SSSR count). The normalized spacial score (nSPS) is 12.3. The van der Waals surface area contributed by atoms with Gasteiger partial charge in [-0.15, -0.1) is 0 Å². The molecule has 0 aliphatic carbocycles. The number of fused-ring (bicyclic) bond motifs is 1. The van der Waals surface area contributed by atoms with Crippen LogP contribution < -0.4 is 15.4 Å². The van der Waals surface area contributed by atoms with E-state index in [-0.39, 0.29) is 22.7 Å². The van der Waals surface area contributed by atoms with Gasteiger partial charge in [0.05, 0.1) is 23.9 Å². The van der Waals surface area contributed by atoms with Crippen LogP contribution in [0.1, 0.15) is 31.1 Å². The molecule has 0 atom stereocenters. The number of hydrogen-bond acceptors (Lipinski definition) is 4. The Morgan fingerprint density at radius 2 is 1.50 bits per heavy atom. The molecule has 0 saturated heterocycles. The molecule has 0 radical (unpaired) electrons. The van der Waals surface area contributed by atoms with Crippen LogP contribution in [0.15, 0.2) is 66.7 Å². The number of hydrogen-bond donors (Lipinski definition) is 2. The first-order chi connectivity index (χ1) is 13.6. The zero-order chi connectivity index (χ0) is 19.7. The molecule has 28 heavy (non-hydrogen) atoms. The third-order valence-corrected chi connectivity index (χ3v) is 4.57. The Kier molecular flexibility index (Phi) is 4.37. The summed E-state index contributed by atoms with van der Waals surface area (Å²) in [7, 11) is 1.54. The Balaban J connectivity index is 1.83. The quantitative estimate of drug-likeness (QED) is 0.687. The second-order valence-corrected chi connectivity index (χ2v) is 6.21. The summed E-state index contributed by atoms with van der Waals surface area (Å²) in [5, 5.41) is 5.05. The molecule has 3 amide bonds. The SMILES string of the molecule is COc1ccccc1-c1ccc(NC(=O)c2ccccc2)c2c1C(=O)NC2=O. The maximum Gasteiger partial charge on any atom is 0.261 e. The summed E-state index contributed by atoms with van der Waals surface area (Å²) < 4.78 is 5.39. The predicted molar refractivity (Wildman–Crippen MR) is 105 cm³/mol. The zero-order valence-electron chi connectivity index (χ0n) is 15.0. The van der Waals surface area contributed by atoms with Crippen LogP contribution in [0, 0.1) is 0 Å². The van der Waals surface area contributed by atoms with Crippen molar-refractivity contribution in [2.24, 2.45) is 0 Å². The average Bonchev–Trinajstić information content (AvgIpc) is 3.03. The first-order valence-corrected chi connectivity index (χ1v) is 8.62. The van der Waals surface area contributed by atoms with Gasteiger partial charge < -0.3 is 10.1 Å². The summed E-state index contributed by atoms with van der Waals surface area (Å²) in [6, 6.07) is 19.2. The van der Waals surface area contributed by atoms with Gasteiger partial charge >= 0.3 is 0 Å². The molecule has 1 heterocycles. The number of amides is 3. The molecule has 3 aromatic rings. The van der Waals surface area contributed by atoms with E-state index in [0.717, 1.165) is 0 Å². The summed E-state index contributed by atoms with van der Waals surface area (Å²) in [6.45, 7) is 0. The van der Waals surface area contributed by atoms with Crippen molar-refractivity contribution < 1.29 is 19.1 Å². The van der Waals surface area contributed by atoms with Crippen molar-refractivity contribution >= 4 is 23.4 Å². The summed E-state index contributed by atoms with van der Waals surface area (Å²) in [5.74, 6) is -0.824. The number of benzene rings is 3. The standard InChI is InChI=1S/C22H16N2O4/c1-28-17-10-6-5-9-14(17)15-11-12-16(19-18(15)21(26)24-22(19)27)23-20(25)13-7-3-2-4-8-13/h2-12H,1H3,(H,23,25)(H,24,26,27). The highest BCUT2D eigenvalue weighted by Gasteiger charge is 2.33. The van der Waals surface area contributed by atoms with Crippen molar-refractivity contribution in [2.45, 2.75) is 0 Å². The molecule has 0 aromatic heterocycles. The highest BCUT2D eigenvalue weighted by atomic mass is 16.5. The van der Waals surface area contributed by atoms with Gasteiger partial charge in [-0.3, -0.25) is 19.7 Å². The van der Waals surface area contributed by atoms with E-state index in [0.29, 0.717) is 22.4 Å². The molecule has 0 unspecified atom stereocenters. The predicted octanol–water partition coefficient (Wildman–Crippen LogP) is 3.50. The number of nitrogens with one attached hydrogen (secondary N) is 2.